The van der Waals surface area contributed by atoms with Gasteiger partial charge in [-0.15, -0.1) is 0 Å². The molecule has 7 nitrogen and oxygen atoms in total. The van der Waals surface area contributed by atoms with E-state index in [2.05, 4.69) is 15.6 Å². The second kappa shape index (κ2) is 9.36. The van der Waals surface area contributed by atoms with Crippen LogP contribution in [0.4, 0.5) is 10.1 Å². The lowest BCUT2D eigenvalue weighted by atomic mass is 10.1. The third-order valence-electron chi connectivity index (χ3n) is 4.84. The topological polar surface area (TPSA) is 88.8 Å². The summed E-state index contributed by atoms with van der Waals surface area (Å²) in [7, 11) is 1.61. The largest absolute Gasteiger partial charge is 0.490 e. The van der Waals surface area contributed by atoms with Gasteiger partial charge in [-0.25, -0.2) is 4.39 Å². The smallest absolute Gasteiger partial charge is 0.274 e. The van der Waals surface area contributed by atoms with E-state index in [1.165, 1.54) is 12.1 Å². The molecule has 0 aromatic heterocycles. The molecule has 3 rings (SSSR count). The molecule has 0 heterocycles. The maximum atomic E-state index is 14.3. The Labute approximate surface area is 169 Å². The van der Waals surface area contributed by atoms with Crippen molar-refractivity contribution in [1.82, 2.24) is 10.6 Å². The van der Waals surface area contributed by atoms with Crippen LogP contribution in [0.3, 0.4) is 0 Å². The average molecular weight is 400 g/mol. The van der Waals surface area contributed by atoms with Crippen molar-refractivity contribution in [2.24, 2.45) is 10.9 Å². The predicted molar refractivity (Wildman–Crippen MR) is 109 cm³/mol. The highest BCUT2D eigenvalue weighted by Gasteiger charge is 2.22. The molecule has 0 radical (unpaired) electrons. The van der Waals surface area contributed by atoms with Gasteiger partial charge >= 0.3 is 0 Å². The van der Waals surface area contributed by atoms with Crippen LogP contribution < -0.4 is 15.4 Å². The van der Waals surface area contributed by atoms with Gasteiger partial charge in [0.15, 0.2) is 17.5 Å². The van der Waals surface area contributed by atoms with Crippen molar-refractivity contribution in [3.05, 3.63) is 69.5 Å². The van der Waals surface area contributed by atoms with Crippen molar-refractivity contribution in [3.8, 4) is 5.75 Å². The summed E-state index contributed by atoms with van der Waals surface area (Å²) in [6, 6.07) is 11.2. The molecule has 1 aliphatic carbocycles. The number of para-hydroxylation sites is 1. The molecule has 1 unspecified atom stereocenters. The van der Waals surface area contributed by atoms with Crippen molar-refractivity contribution in [1.29, 1.82) is 0 Å². The minimum Gasteiger partial charge on any atom is -0.490 e. The van der Waals surface area contributed by atoms with E-state index in [9.17, 15) is 14.5 Å². The van der Waals surface area contributed by atoms with Gasteiger partial charge in [-0.05, 0) is 43.4 Å². The van der Waals surface area contributed by atoms with Gasteiger partial charge in [-0.3, -0.25) is 15.1 Å². The quantitative estimate of drug-likeness (QED) is 0.303. The van der Waals surface area contributed by atoms with Crippen LogP contribution in [0.15, 0.2) is 47.5 Å². The Balaban J connectivity index is 1.59. The van der Waals surface area contributed by atoms with E-state index in [1.807, 2.05) is 13.0 Å². The number of halogens is 1. The number of ether oxygens (including phenoxy) is 1. The SMILES string of the molecule is CN=C(NCc1ccccc1[N+](=O)[O-])NC(C)c1ccc(OCC2CC2)c(F)c1. The first-order valence-electron chi connectivity index (χ1n) is 9.59. The summed E-state index contributed by atoms with van der Waals surface area (Å²) in [5, 5.41) is 17.4. The summed E-state index contributed by atoms with van der Waals surface area (Å²) in [6.45, 7) is 2.69. The Morgan fingerprint density at radius 2 is 2.10 bits per heavy atom. The van der Waals surface area contributed by atoms with Crippen molar-refractivity contribution < 1.29 is 14.1 Å². The first-order valence-corrected chi connectivity index (χ1v) is 9.59. The number of nitrogens with zero attached hydrogens (tertiary/aromatic N) is 2. The molecule has 0 bridgehead atoms. The molecule has 0 amide bonds. The number of hydrogen-bond donors (Lipinski definition) is 2. The summed E-state index contributed by atoms with van der Waals surface area (Å²) in [5.41, 5.74) is 1.35. The average Bonchev–Trinajstić information content (AvgIpc) is 3.54. The summed E-state index contributed by atoms with van der Waals surface area (Å²) >= 11 is 0. The van der Waals surface area contributed by atoms with Crippen LogP contribution in [-0.2, 0) is 6.54 Å². The molecule has 2 N–H and O–H groups in total. The van der Waals surface area contributed by atoms with E-state index in [0.29, 0.717) is 24.0 Å². The van der Waals surface area contributed by atoms with Gasteiger partial charge in [0.1, 0.15) is 0 Å². The fourth-order valence-corrected chi connectivity index (χ4v) is 2.90. The lowest BCUT2D eigenvalue weighted by Crippen LogP contribution is -2.38. The van der Waals surface area contributed by atoms with Gasteiger partial charge in [0.05, 0.1) is 17.6 Å². The summed E-state index contributed by atoms with van der Waals surface area (Å²) < 4.78 is 19.9. The number of hydrogen-bond acceptors (Lipinski definition) is 4. The maximum Gasteiger partial charge on any atom is 0.274 e. The molecule has 29 heavy (non-hydrogen) atoms. The molecule has 2 aromatic carbocycles. The van der Waals surface area contributed by atoms with Crippen molar-refractivity contribution in [3.63, 3.8) is 0 Å². The molecule has 0 spiro atoms. The minimum absolute atomic E-state index is 0.0485. The van der Waals surface area contributed by atoms with E-state index in [0.717, 1.165) is 18.4 Å². The number of nitro groups is 1. The number of rotatable bonds is 8. The Bertz CT molecular complexity index is 899. The van der Waals surface area contributed by atoms with Gasteiger partial charge in [0, 0.05) is 25.2 Å². The Morgan fingerprint density at radius 3 is 2.76 bits per heavy atom. The number of guanidine groups is 1. The molecule has 1 atom stereocenters. The van der Waals surface area contributed by atoms with Crippen molar-refractivity contribution >= 4 is 11.6 Å². The van der Waals surface area contributed by atoms with E-state index in [1.54, 1.807) is 31.3 Å². The lowest BCUT2D eigenvalue weighted by Gasteiger charge is -2.19. The van der Waals surface area contributed by atoms with Crippen molar-refractivity contribution in [2.45, 2.75) is 32.4 Å². The van der Waals surface area contributed by atoms with Crippen LogP contribution in [0.2, 0.25) is 0 Å². The maximum absolute atomic E-state index is 14.3. The molecule has 1 aliphatic rings. The van der Waals surface area contributed by atoms with Crippen LogP contribution in [0.5, 0.6) is 5.75 Å². The van der Waals surface area contributed by atoms with Gasteiger partial charge in [0.25, 0.3) is 5.69 Å². The zero-order chi connectivity index (χ0) is 20.8. The summed E-state index contributed by atoms with van der Waals surface area (Å²) in [5.74, 6) is 0.904. The van der Waals surface area contributed by atoms with E-state index < -0.39 is 4.92 Å². The lowest BCUT2D eigenvalue weighted by molar-refractivity contribution is -0.385. The van der Waals surface area contributed by atoms with Crippen LogP contribution in [-0.4, -0.2) is 24.5 Å². The molecule has 154 valence electrons. The van der Waals surface area contributed by atoms with E-state index in [-0.39, 0.29) is 29.8 Å². The van der Waals surface area contributed by atoms with Crippen LogP contribution in [0.1, 0.15) is 36.9 Å². The fourth-order valence-electron chi connectivity index (χ4n) is 2.90. The number of nitro benzene ring substituents is 1. The number of benzene rings is 2. The molecule has 0 saturated heterocycles. The summed E-state index contributed by atoms with van der Waals surface area (Å²) in [4.78, 5) is 14.9. The predicted octanol–water partition coefficient (Wildman–Crippen LogP) is 3.95. The minimum atomic E-state index is -0.411. The second-order valence-electron chi connectivity index (χ2n) is 7.12. The Kier molecular flexibility index (Phi) is 6.64. The van der Waals surface area contributed by atoms with Crippen LogP contribution in [0, 0.1) is 21.8 Å². The number of aliphatic imine (C=N–C) groups is 1. The molecule has 1 fully saturated rings. The van der Waals surface area contributed by atoms with Gasteiger partial charge in [-0.1, -0.05) is 24.3 Å². The van der Waals surface area contributed by atoms with Gasteiger partial charge < -0.3 is 15.4 Å². The van der Waals surface area contributed by atoms with E-state index >= 15 is 0 Å². The molecule has 2 aromatic rings. The molecule has 8 heteroatoms. The fraction of sp³-hybridized carbons (Fsp3) is 0.381. The van der Waals surface area contributed by atoms with Crippen LogP contribution >= 0.6 is 0 Å². The normalized spacial score (nSPS) is 14.9. The molecular weight excluding hydrogens is 375 g/mol. The Morgan fingerprint density at radius 1 is 1.34 bits per heavy atom. The highest BCUT2D eigenvalue weighted by molar-refractivity contribution is 5.80. The monoisotopic (exact) mass is 400 g/mol. The third kappa shape index (κ3) is 5.66. The highest BCUT2D eigenvalue weighted by atomic mass is 19.1. The third-order valence-corrected chi connectivity index (χ3v) is 4.84. The zero-order valence-corrected chi connectivity index (χ0v) is 16.5. The first-order chi connectivity index (χ1) is 14.0. The molecule has 1 saturated carbocycles. The molecule has 0 aliphatic heterocycles. The van der Waals surface area contributed by atoms with E-state index in [4.69, 9.17) is 4.74 Å². The first kappa shape index (κ1) is 20.6. The van der Waals surface area contributed by atoms with Crippen LogP contribution in [0.25, 0.3) is 0 Å². The van der Waals surface area contributed by atoms with Crippen molar-refractivity contribution in [2.75, 3.05) is 13.7 Å². The number of nitrogens with one attached hydrogen (secondary N) is 2. The zero-order valence-electron chi connectivity index (χ0n) is 16.5. The second-order valence-corrected chi connectivity index (χ2v) is 7.12. The Hall–Kier alpha value is -3.16. The molecular formula is C21H25FN4O3. The summed E-state index contributed by atoms with van der Waals surface area (Å²) in [6.07, 6.45) is 2.30. The standard InChI is InChI=1S/C21H25FN4O3/c1-14(16-9-10-20(18(22)11-16)29-13-15-7-8-15)25-21(23-2)24-12-17-5-3-4-6-19(17)26(27)28/h3-6,9-11,14-15H,7-8,12-13H2,1-2H3,(H2,23,24,25). The van der Waals surface area contributed by atoms with Gasteiger partial charge in [0.2, 0.25) is 0 Å². The van der Waals surface area contributed by atoms with Gasteiger partial charge in [-0.2, -0.15) is 0 Å². The highest BCUT2D eigenvalue weighted by Crippen LogP contribution is 2.30.